The summed E-state index contributed by atoms with van der Waals surface area (Å²) in [4.78, 5) is 24.2. The molecular weight excluding hydrogens is 488 g/mol. The monoisotopic (exact) mass is 514 g/mol. The van der Waals surface area contributed by atoms with Gasteiger partial charge in [0, 0.05) is 17.3 Å². The standard InChI is InChI=1S/C25H27ClN4O4S/c1-5-13-30-23(17(4)34-20-11-12-21(26)16(3)14-20)28-29-25(30)35-15-22(31)27-19-9-7-18(8-10-19)24(32)33-6-2/h5,7-12,14,17H,1,6,13,15H2,2-4H3,(H,27,31). The van der Waals surface area contributed by atoms with Crippen molar-refractivity contribution in [1.82, 2.24) is 14.8 Å². The van der Waals surface area contributed by atoms with Crippen molar-refractivity contribution in [3.8, 4) is 5.75 Å². The lowest BCUT2D eigenvalue weighted by atomic mass is 10.2. The predicted molar refractivity (Wildman–Crippen MR) is 137 cm³/mol. The molecule has 3 aromatic rings. The molecule has 1 unspecified atom stereocenters. The number of ether oxygens (including phenoxy) is 2. The van der Waals surface area contributed by atoms with Crippen LogP contribution in [0.2, 0.25) is 5.02 Å². The fraction of sp³-hybridized carbons (Fsp3) is 0.280. The molecule has 1 atom stereocenters. The number of nitrogens with zero attached hydrogens (tertiary/aromatic N) is 3. The van der Waals surface area contributed by atoms with Crippen LogP contribution in [0.1, 0.15) is 41.7 Å². The highest BCUT2D eigenvalue weighted by molar-refractivity contribution is 7.99. The van der Waals surface area contributed by atoms with Crippen LogP contribution in [-0.2, 0) is 16.1 Å². The third-order valence-electron chi connectivity index (χ3n) is 4.88. The van der Waals surface area contributed by atoms with Crippen LogP contribution in [0.3, 0.4) is 0 Å². The zero-order valence-corrected chi connectivity index (χ0v) is 21.4. The first-order valence-corrected chi connectivity index (χ1v) is 12.3. The summed E-state index contributed by atoms with van der Waals surface area (Å²) in [5.74, 6) is 0.808. The minimum absolute atomic E-state index is 0.126. The molecule has 0 aliphatic heterocycles. The fourth-order valence-electron chi connectivity index (χ4n) is 3.19. The Morgan fingerprint density at radius 2 is 1.97 bits per heavy atom. The molecule has 0 fully saturated rings. The van der Waals surface area contributed by atoms with E-state index in [4.69, 9.17) is 21.1 Å². The summed E-state index contributed by atoms with van der Waals surface area (Å²) in [7, 11) is 0. The molecule has 0 saturated heterocycles. The lowest BCUT2D eigenvalue weighted by molar-refractivity contribution is -0.113. The number of nitrogens with one attached hydrogen (secondary N) is 1. The average molecular weight is 515 g/mol. The molecule has 10 heteroatoms. The fourth-order valence-corrected chi connectivity index (χ4v) is 4.06. The van der Waals surface area contributed by atoms with Crippen molar-refractivity contribution in [3.05, 3.63) is 77.1 Å². The first-order valence-electron chi connectivity index (χ1n) is 11.0. The summed E-state index contributed by atoms with van der Waals surface area (Å²) < 4.78 is 12.9. The third kappa shape index (κ3) is 7.10. The normalized spacial score (nSPS) is 11.5. The second-order valence-electron chi connectivity index (χ2n) is 7.55. The predicted octanol–water partition coefficient (Wildman–Crippen LogP) is 5.47. The van der Waals surface area contributed by atoms with Gasteiger partial charge in [-0.05, 0) is 68.8 Å². The minimum Gasteiger partial charge on any atom is -0.483 e. The Balaban J connectivity index is 1.62. The zero-order chi connectivity index (χ0) is 25.4. The van der Waals surface area contributed by atoms with Gasteiger partial charge in [-0.25, -0.2) is 4.79 Å². The van der Waals surface area contributed by atoms with Crippen LogP contribution in [0.4, 0.5) is 5.69 Å². The highest BCUT2D eigenvalue weighted by atomic mass is 35.5. The Hall–Kier alpha value is -3.30. The van der Waals surface area contributed by atoms with Gasteiger partial charge < -0.3 is 14.8 Å². The highest BCUT2D eigenvalue weighted by Crippen LogP contribution is 2.27. The number of aryl methyl sites for hydroxylation is 1. The first kappa shape index (κ1) is 26.3. The van der Waals surface area contributed by atoms with Gasteiger partial charge in [0.1, 0.15) is 5.75 Å². The van der Waals surface area contributed by atoms with Gasteiger partial charge in [0.15, 0.2) is 17.1 Å². The number of hydrogen-bond acceptors (Lipinski definition) is 7. The van der Waals surface area contributed by atoms with Crippen molar-refractivity contribution in [1.29, 1.82) is 0 Å². The van der Waals surface area contributed by atoms with E-state index in [1.54, 1.807) is 49.4 Å². The van der Waals surface area contributed by atoms with Gasteiger partial charge in [0.2, 0.25) is 5.91 Å². The SMILES string of the molecule is C=CCn1c(SCC(=O)Nc2ccc(C(=O)OCC)cc2)nnc1C(C)Oc1ccc(Cl)c(C)c1. The largest absolute Gasteiger partial charge is 0.483 e. The minimum atomic E-state index is -0.400. The number of carbonyl (C=O) groups is 2. The molecule has 0 aliphatic carbocycles. The molecule has 1 amide bonds. The van der Waals surface area contributed by atoms with E-state index in [-0.39, 0.29) is 17.8 Å². The smallest absolute Gasteiger partial charge is 0.338 e. The van der Waals surface area contributed by atoms with Crippen LogP contribution < -0.4 is 10.1 Å². The number of halogens is 1. The van der Waals surface area contributed by atoms with E-state index in [1.165, 1.54) is 11.8 Å². The van der Waals surface area contributed by atoms with Gasteiger partial charge in [-0.3, -0.25) is 9.36 Å². The summed E-state index contributed by atoms with van der Waals surface area (Å²) in [6.07, 6.45) is 1.35. The van der Waals surface area contributed by atoms with Crippen LogP contribution in [0.15, 0.2) is 60.3 Å². The Morgan fingerprint density at radius 3 is 2.63 bits per heavy atom. The van der Waals surface area contributed by atoms with Crippen molar-refractivity contribution in [3.63, 3.8) is 0 Å². The molecule has 8 nitrogen and oxygen atoms in total. The molecule has 35 heavy (non-hydrogen) atoms. The molecular formula is C25H27ClN4O4S. The molecule has 2 aromatic carbocycles. The number of amides is 1. The molecule has 0 radical (unpaired) electrons. The number of carbonyl (C=O) groups excluding carboxylic acids is 2. The van der Waals surface area contributed by atoms with E-state index in [1.807, 2.05) is 24.5 Å². The van der Waals surface area contributed by atoms with Crippen LogP contribution in [0.25, 0.3) is 0 Å². The Morgan fingerprint density at radius 1 is 1.23 bits per heavy atom. The van der Waals surface area contributed by atoms with E-state index in [0.717, 1.165) is 5.56 Å². The van der Waals surface area contributed by atoms with E-state index in [0.29, 0.717) is 46.2 Å². The Kier molecular flexibility index (Phi) is 9.33. The van der Waals surface area contributed by atoms with E-state index in [9.17, 15) is 9.59 Å². The number of allylic oxidation sites excluding steroid dienone is 1. The van der Waals surface area contributed by atoms with Crippen LogP contribution in [0.5, 0.6) is 5.75 Å². The molecule has 3 rings (SSSR count). The van der Waals surface area contributed by atoms with Crippen molar-refractivity contribution in [2.75, 3.05) is 17.7 Å². The van der Waals surface area contributed by atoms with Crippen molar-refractivity contribution in [2.45, 2.75) is 38.6 Å². The zero-order valence-electron chi connectivity index (χ0n) is 19.8. The number of aromatic nitrogens is 3. The van der Waals surface area contributed by atoms with Gasteiger partial charge in [-0.1, -0.05) is 29.4 Å². The summed E-state index contributed by atoms with van der Waals surface area (Å²) >= 11 is 7.36. The lowest BCUT2D eigenvalue weighted by Crippen LogP contribution is -2.15. The van der Waals surface area contributed by atoms with Crippen LogP contribution in [0, 0.1) is 6.92 Å². The number of esters is 1. The molecule has 1 N–H and O–H groups in total. The number of anilines is 1. The van der Waals surface area contributed by atoms with Crippen molar-refractivity contribution in [2.24, 2.45) is 0 Å². The summed E-state index contributed by atoms with van der Waals surface area (Å²) in [6, 6.07) is 12.0. The molecule has 184 valence electrons. The van der Waals surface area contributed by atoms with Crippen molar-refractivity contribution < 1.29 is 19.1 Å². The molecule has 0 spiro atoms. The summed E-state index contributed by atoms with van der Waals surface area (Å²) in [5.41, 5.74) is 1.92. The number of hydrogen-bond donors (Lipinski definition) is 1. The maximum Gasteiger partial charge on any atom is 0.338 e. The van der Waals surface area contributed by atoms with E-state index < -0.39 is 5.97 Å². The van der Waals surface area contributed by atoms with E-state index >= 15 is 0 Å². The van der Waals surface area contributed by atoms with Gasteiger partial charge in [0.25, 0.3) is 0 Å². The van der Waals surface area contributed by atoms with Gasteiger partial charge in [-0.15, -0.1) is 16.8 Å². The second kappa shape index (κ2) is 12.4. The average Bonchev–Trinajstić information content (AvgIpc) is 3.23. The molecule has 0 aliphatic rings. The number of benzene rings is 2. The molecule has 1 heterocycles. The summed E-state index contributed by atoms with van der Waals surface area (Å²) in [5, 5.41) is 12.6. The summed E-state index contributed by atoms with van der Waals surface area (Å²) in [6.45, 7) is 10.1. The van der Waals surface area contributed by atoms with E-state index in [2.05, 4.69) is 22.1 Å². The molecule has 1 aromatic heterocycles. The molecule has 0 saturated carbocycles. The third-order valence-corrected chi connectivity index (χ3v) is 6.27. The Labute approximate surface area is 213 Å². The van der Waals surface area contributed by atoms with Crippen LogP contribution in [-0.4, -0.2) is 39.0 Å². The molecule has 0 bridgehead atoms. The lowest BCUT2D eigenvalue weighted by Gasteiger charge is -2.16. The maximum absolute atomic E-state index is 12.5. The van der Waals surface area contributed by atoms with Gasteiger partial charge in [-0.2, -0.15) is 0 Å². The Bertz CT molecular complexity index is 1200. The maximum atomic E-state index is 12.5. The highest BCUT2D eigenvalue weighted by Gasteiger charge is 2.20. The van der Waals surface area contributed by atoms with Crippen LogP contribution >= 0.6 is 23.4 Å². The first-order chi connectivity index (χ1) is 16.8. The van der Waals surface area contributed by atoms with Gasteiger partial charge >= 0.3 is 5.97 Å². The quantitative estimate of drug-likeness (QED) is 0.206. The second-order valence-corrected chi connectivity index (χ2v) is 8.90. The number of rotatable bonds is 11. The van der Waals surface area contributed by atoms with Gasteiger partial charge in [0.05, 0.1) is 17.9 Å². The number of thioether (sulfide) groups is 1. The van der Waals surface area contributed by atoms with Crippen molar-refractivity contribution >= 4 is 40.9 Å². The topological polar surface area (TPSA) is 95.3 Å².